The number of piperidine rings is 1. The molecule has 0 saturated carbocycles. The van der Waals surface area contributed by atoms with Crippen molar-refractivity contribution in [1.29, 1.82) is 0 Å². The zero-order valence-corrected chi connectivity index (χ0v) is 15.4. The smallest absolute Gasteiger partial charge is 0.123 e. The van der Waals surface area contributed by atoms with Gasteiger partial charge in [0.25, 0.3) is 0 Å². The van der Waals surface area contributed by atoms with Gasteiger partial charge in [-0.2, -0.15) is 0 Å². The van der Waals surface area contributed by atoms with Crippen molar-refractivity contribution in [3.05, 3.63) is 59.7 Å². The summed E-state index contributed by atoms with van der Waals surface area (Å²) in [7, 11) is 0. The fourth-order valence-corrected chi connectivity index (χ4v) is 3.89. The first-order valence-electron chi connectivity index (χ1n) is 9.70. The van der Waals surface area contributed by atoms with Crippen LogP contribution in [0.15, 0.2) is 48.5 Å². The van der Waals surface area contributed by atoms with Crippen molar-refractivity contribution in [3.8, 4) is 5.75 Å². The number of hydrogen-bond acceptors (Lipinski definition) is 4. The van der Waals surface area contributed by atoms with Crippen molar-refractivity contribution in [3.63, 3.8) is 0 Å². The number of ether oxygens (including phenoxy) is 1. The van der Waals surface area contributed by atoms with E-state index >= 15 is 0 Å². The predicted molar refractivity (Wildman–Crippen MR) is 105 cm³/mol. The number of nitrogens with one attached hydrogen (secondary N) is 1. The first kappa shape index (κ1) is 17.4. The molecule has 4 rings (SSSR count). The van der Waals surface area contributed by atoms with Crippen molar-refractivity contribution in [2.45, 2.75) is 44.4 Å². The average molecular weight is 352 g/mol. The summed E-state index contributed by atoms with van der Waals surface area (Å²) < 4.78 is 6.01. The number of fused-ring (bicyclic) bond motifs is 1. The van der Waals surface area contributed by atoms with Crippen molar-refractivity contribution < 1.29 is 9.84 Å². The third-order valence-corrected chi connectivity index (χ3v) is 5.59. The lowest BCUT2D eigenvalue weighted by Gasteiger charge is -2.31. The molecule has 2 atom stereocenters. The second kappa shape index (κ2) is 7.68. The summed E-state index contributed by atoms with van der Waals surface area (Å²) in [5.74, 6) is 1.03. The summed E-state index contributed by atoms with van der Waals surface area (Å²) in [6.07, 6.45) is 2.80. The molecule has 2 aromatic carbocycles. The Bertz CT molecular complexity index is 698. The van der Waals surface area contributed by atoms with Crippen molar-refractivity contribution in [1.82, 2.24) is 5.32 Å². The van der Waals surface area contributed by atoms with Crippen molar-refractivity contribution in [2.24, 2.45) is 0 Å². The minimum absolute atomic E-state index is 0.126. The molecule has 2 N–H and O–H groups in total. The molecule has 0 radical (unpaired) electrons. The summed E-state index contributed by atoms with van der Waals surface area (Å²) in [6.45, 7) is 4.93. The second-order valence-corrected chi connectivity index (χ2v) is 7.49. The Balaban J connectivity index is 1.29. The van der Waals surface area contributed by atoms with Crippen LogP contribution in [-0.4, -0.2) is 36.9 Å². The van der Waals surface area contributed by atoms with Gasteiger partial charge in [0.2, 0.25) is 0 Å². The van der Waals surface area contributed by atoms with Gasteiger partial charge in [0.05, 0.1) is 6.10 Å². The average Bonchev–Trinajstić information content (AvgIpc) is 3.10. The minimum atomic E-state index is -0.126. The fourth-order valence-electron chi connectivity index (χ4n) is 3.89. The Kier molecular flexibility index (Phi) is 5.14. The van der Waals surface area contributed by atoms with Crippen LogP contribution in [0.4, 0.5) is 5.69 Å². The zero-order valence-electron chi connectivity index (χ0n) is 15.4. The number of aliphatic hydroxyl groups excluding tert-OH is 1. The highest BCUT2D eigenvalue weighted by atomic mass is 16.5. The number of benzene rings is 2. The maximum atomic E-state index is 9.65. The highest BCUT2D eigenvalue weighted by Crippen LogP contribution is 2.28. The molecule has 0 unspecified atom stereocenters. The van der Waals surface area contributed by atoms with Crippen LogP contribution in [0.25, 0.3) is 0 Å². The highest BCUT2D eigenvalue weighted by Gasteiger charge is 2.22. The molecule has 0 aromatic heterocycles. The first-order chi connectivity index (χ1) is 12.7. The molecule has 1 saturated heterocycles. The molecule has 2 heterocycles. The molecular weight excluding hydrogens is 324 g/mol. The van der Waals surface area contributed by atoms with E-state index in [1.807, 2.05) is 6.07 Å². The molecule has 2 aromatic rings. The molecule has 138 valence electrons. The monoisotopic (exact) mass is 352 g/mol. The molecule has 2 aliphatic rings. The molecule has 0 bridgehead atoms. The van der Waals surface area contributed by atoms with Gasteiger partial charge in [0.1, 0.15) is 11.9 Å². The summed E-state index contributed by atoms with van der Waals surface area (Å²) in [5.41, 5.74) is 3.85. The van der Waals surface area contributed by atoms with Crippen molar-refractivity contribution in [2.75, 3.05) is 24.5 Å². The van der Waals surface area contributed by atoms with Gasteiger partial charge in [0.15, 0.2) is 0 Å². The van der Waals surface area contributed by atoms with Crippen LogP contribution in [0.2, 0.25) is 0 Å². The lowest BCUT2D eigenvalue weighted by atomic mass is 10.0. The minimum Gasteiger partial charge on any atom is -0.488 e. The van der Waals surface area contributed by atoms with E-state index in [0.717, 1.165) is 44.6 Å². The van der Waals surface area contributed by atoms with Crippen LogP contribution in [0.5, 0.6) is 5.75 Å². The summed E-state index contributed by atoms with van der Waals surface area (Å²) >= 11 is 0. The van der Waals surface area contributed by atoms with Crippen LogP contribution in [0.1, 0.15) is 36.9 Å². The third kappa shape index (κ3) is 3.87. The summed E-state index contributed by atoms with van der Waals surface area (Å²) in [4.78, 5) is 2.36. The van der Waals surface area contributed by atoms with E-state index in [0.29, 0.717) is 6.04 Å². The molecule has 0 spiro atoms. The number of para-hydroxylation sites is 1. The number of nitrogens with zero attached hydrogens (tertiary/aromatic N) is 1. The van der Waals surface area contributed by atoms with E-state index in [9.17, 15) is 5.11 Å². The van der Waals surface area contributed by atoms with Gasteiger partial charge in [-0.15, -0.1) is 0 Å². The topological polar surface area (TPSA) is 44.7 Å². The molecule has 4 heteroatoms. The Labute approximate surface area is 155 Å². The molecule has 0 aliphatic carbocycles. The number of aliphatic hydroxyl groups is 1. The molecule has 1 fully saturated rings. The van der Waals surface area contributed by atoms with Gasteiger partial charge >= 0.3 is 0 Å². The Morgan fingerprint density at radius 1 is 1.12 bits per heavy atom. The van der Waals surface area contributed by atoms with Gasteiger partial charge in [0, 0.05) is 37.8 Å². The van der Waals surface area contributed by atoms with E-state index in [-0.39, 0.29) is 12.2 Å². The Morgan fingerprint density at radius 2 is 1.85 bits per heavy atom. The van der Waals surface area contributed by atoms with Gasteiger partial charge in [-0.05, 0) is 49.1 Å². The highest BCUT2D eigenvalue weighted by molar-refractivity contribution is 5.48. The largest absolute Gasteiger partial charge is 0.488 e. The van der Waals surface area contributed by atoms with Gasteiger partial charge < -0.3 is 20.1 Å². The predicted octanol–water partition coefficient (Wildman–Crippen LogP) is 3.30. The molecule has 26 heavy (non-hydrogen) atoms. The molecule has 4 nitrogen and oxygen atoms in total. The van der Waals surface area contributed by atoms with Crippen LogP contribution in [-0.2, 0) is 6.42 Å². The van der Waals surface area contributed by atoms with E-state index < -0.39 is 0 Å². The summed E-state index contributed by atoms with van der Waals surface area (Å²) in [5, 5.41) is 13.3. The quantitative estimate of drug-likeness (QED) is 0.867. The summed E-state index contributed by atoms with van der Waals surface area (Å²) in [6, 6.07) is 17.4. The lowest BCUT2D eigenvalue weighted by molar-refractivity contribution is 0.145. The third-order valence-electron chi connectivity index (χ3n) is 5.59. The van der Waals surface area contributed by atoms with E-state index in [2.05, 4.69) is 59.6 Å². The number of hydrogen-bond donors (Lipinski definition) is 2. The van der Waals surface area contributed by atoms with Gasteiger partial charge in [-0.3, -0.25) is 0 Å². The number of anilines is 1. The van der Waals surface area contributed by atoms with Gasteiger partial charge in [-0.25, -0.2) is 0 Å². The molecule has 2 aliphatic heterocycles. The van der Waals surface area contributed by atoms with Gasteiger partial charge in [-0.1, -0.05) is 30.3 Å². The van der Waals surface area contributed by atoms with E-state index in [1.54, 1.807) is 0 Å². The maximum Gasteiger partial charge on any atom is 0.123 e. The SMILES string of the molecule is C[C@@H](NC[C@@H]1Cc2ccccc2O1)c1ccc(N2CCC(O)CC2)cc1. The Hall–Kier alpha value is -2.04. The lowest BCUT2D eigenvalue weighted by Crippen LogP contribution is -2.35. The maximum absolute atomic E-state index is 9.65. The van der Waals surface area contributed by atoms with E-state index in [1.165, 1.54) is 16.8 Å². The standard InChI is InChI=1S/C22H28N2O2/c1-16(23-15-21-14-18-4-2-3-5-22(18)26-21)17-6-8-19(9-7-17)24-12-10-20(25)11-13-24/h2-9,16,20-21,23,25H,10-15H2,1H3/t16-,21+/m1/s1. The number of rotatable bonds is 5. The van der Waals surface area contributed by atoms with Crippen LogP contribution >= 0.6 is 0 Å². The zero-order chi connectivity index (χ0) is 17.9. The van der Waals surface area contributed by atoms with Crippen LogP contribution in [0.3, 0.4) is 0 Å². The van der Waals surface area contributed by atoms with Crippen molar-refractivity contribution >= 4 is 5.69 Å². The van der Waals surface area contributed by atoms with E-state index in [4.69, 9.17) is 4.74 Å². The van der Waals surface area contributed by atoms with Crippen LogP contribution < -0.4 is 15.0 Å². The molecule has 0 amide bonds. The second-order valence-electron chi connectivity index (χ2n) is 7.49. The Morgan fingerprint density at radius 3 is 2.58 bits per heavy atom. The fraction of sp³-hybridized carbons (Fsp3) is 0.455. The normalized spacial score (nSPS) is 21.3. The molecular formula is C22H28N2O2. The van der Waals surface area contributed by atoms with Crippen LogP contribution in [0, 0.1) is 0 Å². The first-order valence-corrected chi connectivity index (χ1v) is 9.70.